The zero-order valence-corrected chi connectivity index (χ0v) is 7.39. The summed E-state index contributed by atoms with van der Waals surface area (Å²) in [5, 5.41) is 25.3. The average Bonchev–Trinajstić information content (AvgIpc) is 2.05. The van der Waals surface area contributed by atoms with Gasteiger partial charge in [0.15, 0.2) is 0 Å². The Hall–Kier alpha value is -1.28. The summed E-state index contributed by atoms with van der Waals surface area (Å²) in [6.45, 7) is 0. The molecule has 2 atom stereocenters. The number of hydrogen-bond acceptors (Lipinski definition) is 6. The van der Waals surface area contributed by atoms with E-state index in [4.69, 9.17) is 0 Å². The summed E-state index contributed by atoms with van der Waals surface area (Å²) in [5.41, 5.74) is 0. The largest absolute Gasteiger partial charge is 0.273 e. The van der Waals surface area contributed by atoms with E-state index < -0.39 is 22.2 Å². The Morgan fingerprint density at radius 2 is 1.38 bits per heavy atom. The van der Waals surface area contributed by atoms with E-state index in [2.05, 4.69) is 10.6 Å². The summed E-state index contributed by atoms with van der Waals surface area (Å²) >= 11 is 0. The van der Waals surface area contributed by atoms with Gasteiger partial charge in [0.05, 0.1) is 0 Å². The number of nitro groups is 2. The van der Waals surface area contributed by atoms with Gasteiger partial charge in [-0.05, 0) is 14.1 Å². The SMILES string of the molecule is CNC(CC(NC)[N+](=O)[O-])[N+](=O)[O-]. The van der Waals surface area contributed by atoms with Gasteiger partial charge in [0.25, 0.3) is 12.3 Å². The first-order valence-electron chi connectivity index (χ1n) is 3.64. The van der Waals surface area contributed by atoms with Crippen LogP contribution in [-0.4, -0.2) is 36.3 Å². The monoisotopic (exact) mass is 192 g/mol. The maximum Gasteiger partial charge on any atom is 0.273 e. The van der Waals surface area contributed by atoms with Gasteiger partial charge in [-0.25, -0.2) is 0 Å². The van der Waals surface area contributed by atoms with Crippen LogP contribution in [0.4, 0.5) is 0 Å². The molecule has 0 rings (SSSR count). The van der Waals surface area contributed by atoms with Crippen molar-refractivity contribution in [3.8, 4) is 0 Å². The van der Waals surface area contributed by atoms with Crippen LogP contribution in [0.15, 0.2) is 0 Å². The molecule has 0 aromatic heterocycles. The lowest BCUT2D eigenvalue weighted by Crippen LogP contribution is -2.43. The summed E-state index contributed by atoms with van der Waals surface area (Å²) in [7, 11) is 2.78. The molecule has 0 aliphatic rings. The summed E-state index contributed by atoms with van der Waals surface area (Å²) in [6.07, 6.45) is -2.38. The second-order valence-electron chi connectivity index (χ2n) is 2.42. The van der Waals surface area contributed by atoms with E-state index in [1.54, 1.807) is 0 Å². The van der Waals surface area contributed by atoms with E-state index in [-0.39, 0.29) is 6.42 Å². The molecule has 0 heterocycles. The van der Waals surface area contributed by atoms with Gasteiger partial charge in [0.2, 0.25) is 0 Å². The maximum atomic E-state index is 10.3. The molecule has 0 spiro atoms. The fraction of sp³-hybridized carbons (Fsp3) is 1.00. The summed E-state index contributed by atoms with van der Waals surface area (Å²) in [5.74, 6) is 0. The van der Waals surface area contributed by atoms with Crippen LogP contribution in [0.5, 0.6) is 0 Å². The van der Waals surface area contributed by atoms with Gasteiger partial charge in [-0.1, -0.05) is 0 Å². The van der Waals surface area contributed by atoms with Crippen LogP contribution in [0.1, 0.15) is 6.42 Å². The topological polar surface area (TPSA) is 110 Å². The predicted molar refractivity (Wildman–Crippen MR) is 44.3 cm³/mol. The lowest BCUT2D eigenvalue weighted by molar-refractivity contribution is -0.567. The Morgan fingerprint density at radius 3 is 1.54 bits per heavy atom. The second kappa shape index (κ2) is 5.38. The molecular weight excluding hydrogens is 180 g/mol. The van der Waals surface area contributed by atoms with Gasteiger partial charge in [-0.15, -0.1) is 0 Å². The highest BCUT2D eigenvalue weighted by atomic mass is 16.6. The summed E-state index contributed by atoms with van der Waals surface area (Å²) < 4.78 is 0. The van der Waals surface area contributed by atoms with Crippen molar-refractivity contribution >= 4 is 0 Å². The van der Waals surface area contributed by atoms with Crippen LogP contribution < -0.4 is 10.6 Å². The molecule has 0 aliphatic heterocycles. The molecule has 76 valence electrons. The Morgan fingerprint density at radius 1 is 1.08 bits per heavy atom. The first kappa shape index (κ1) is 11.7. The molecule has 0 saturated carbocycles. The fourth-order valence-corrected chi connectivity index (χ4v) is 0.830. The Labute approximate surface area is 74.6 Å². The van der Waals surface area contributed by atoms with Gasteiger partial charge < -0.3 is 0 Å². The molecule has 13 heavy (non-hydrogen) atoms. The smallest absolute Gasteiger partial charge is 0.263 e. The molecular formula is C5H12N4O4. The van der Waals surface area contributed by atoms with Crippen molar-refractivity contribution < 1.29 is 9.85 Å². The van der Waals surface area contributed by atoms with E-state index in [0.717, 1.165) is 0 Å². The molecule has 8 heteroatoms. The van der Waals surface area contributed by atoms with Crippen LogP contribution in [0, 0.1) is 20.2 Å². The normalized spacial score (nSPS) is 14.9. The first-order chi connectivity index (χ1) is 6.02. The molecule has 0 radical (unpaired) electrons. The third-order valence-electron chi connectivity index (χ3n) is 1.62. The van der Waals surface area contributed by atoms with Gasteiger partial charge in [-0.3, -0.25) is 30.9 Å². The highest BCUT2D eigenvalue weighted by Crippen LogP contribution is 1.99. The minimum Gasteiger partial charge on any atom is -0.263 e. The molecule has 8 nitrogen and oxygen atoms in total. The first-order valence-corrected chi connectivity index (χ1v) is 3.64. The van der Waals surface area contributed by atoms with E-state index >= 15 is 0 Å². The van der Waals surface area contributed by atoms with Crippen molar-refractivity contribution in [3.63, 3.8) is 0 Å². The highest BCUT2D eigenvalue weighted by Gasteiger charge is 2.29. The molecule has 2 N–H and O–H groups in total. The zero-order valence-electron chi connectivity index (χ0n) is 7.39. The van der Waals surface area contributed by atoms with Crippen molar-refractivity contribution in [2.75, 3.05) is 14.1 Å². The third kappa shape index (κ3) is 3.76. The number of hydrogen-bond donors (Lipinski definition) is 2. The minimum atomic E-state index is -1.09. The number of nitrogens with zero attached hydrogens (tertiary/aromatic N) is 2. The Bertz CT molecular complexity index is 177. The second-order valence-corrected chi connectivity index (χ2v) is 2.42. The molecule has 0 amide bonds. The lowest BCUT2D eigenvalue weighted by atomic mass is 10.3. The van der Waals surface area contributed by atoms with Crippen LogP contribution >= 0.6 is 0 Å². The standard InChI is InChI=1S/C5H12N4O4/c1-6-4(8(10)11)3-5(7-2)9(12)13/h4-7H,3H2,1-2H3. The quantitative estimate of drug-likeness (QED) is 0.318. The minimum absolute atomic E-state index is 0.188. The van der Waals surface area contributed by atoms with Crippen molar-refractivity contribution in [1.29, 1.82) is 0 Å². The molecule has 0 fully saturated rings. The molecule has 0 aromatic carbocycles. The van der Waals surface area contributed by atoms with Crippen molar-refractivity contribution in [2.24, 2.45) is 0 Å². The van der Waals surface area contributed by atoms with Crippen molar-refractivity contribution in [3.05, 3.63) is 20.2 Å². The van der Waals surface area contributed by atoms with Gasteiger partial charge >= 0.3 is 0 Å². The molecule has 2 unspecified atom stereocenters. The van der Waals surface area contributed by atoms with E-state index in [9.17, 15) is 20.2 Å². The van der Waals surface area contributed by atoms with Crippen molar-refractivity contribution in [1.82, 2.24) is 10.6 Å². The van der Waals surface area contributed by atoms with Gasteiger partial charge in [0, 0.05) is 9.85 Å². The van der Waals surface area contributed by atoms with Crippen molar-refractivity contribution in [2.45, 2.75) is 18.8 Å². The van der Waals surface area contributed by atoms with Gasteiger partial charge in [-0.2, -0.15) is 0 Å². The van der Waals surface area contributed by atoms with Gasteiger partial charge in [0.1, 0.15) is 6.42 Å². The highest BCUT2D eigenvalue weighted by molar-refractivity contribution is 4.57. The lowest BCUT2D eigenvalue weighted by Gasteiger charge is -2.11. The average molecular weight is 192 g/mol. The zero-order chi connectivity index (χ0) is 10.4. The fourth-order valence-electron chi connectivity index (χ4n) is 0.830. The van der Waals surface area contributed by atoms with Crippen LogP contribution in [0.3, 0.4) is 0 Å². The van der Waals surface area contributed by atoms with Crippen LogP contribution in [0.25, 0.3) is 0 Å². The Balaban J connectivity index is 4.19. The van der Waals surface area contributed by atoms with E-state index in [0.29, 0.717) is 0 Å². The molecule has 0 aliphatic carbocycles. The summed E-state index contributed by atoms with van der Waals surface area (Å²) in [4.78, 5) is 19.4. The number of rotatable bonds is 6. The van der Waals surface area contributed by atoms with E-state index in [1.165, 1.54) is 14.1 Å². The van der Waals surface area contributed by atoms with E-state index in [1.807, 2.05) is 0 Å². The maximum absolute atomic E-state index is 10.3. The van der Waals surface area contributed by atoms with Crippen LogP contribution in [-0.2, 0) is 0 Å². The molecule has 0 bridgehead atoms. The molecule has 0 saturated heterocycles. The van der Waals surface area contributed by atoms with Crippen LogP contribution in [0.2, 0.25) is 0 Å². The molecule has 0 aromatic rings. The third-order valence-corrected chi connectivity index (χ3v) is 1.62. The summed E-state index contributed by atoms with van der Waals surface area (Å²) in [6, 6.07) is 0. The predicted octanol–water partition coefficient (Wildman–Crippen LogP) is -0.979. The Kier molecular flexibility index (Phi) is 4.85. The number of nitrogens with one attached hydrogen (secondary N) is 2.